The minimum atomic E-state index is -1.08. The molecule has 0 aliphatic carbocycles. The second-order valence-electron chi connectivity index (χ2n) is 7.11. The van der Waals surface area contributed by atoms with Crippen molar-refractivity contribution in [1.29, 1.82) is 0 Å². The second-order valence-corrected chi connectivity index (χ2v) is 7.11. The van der Waals surface area contributed by atoms with Crippen LogP contribution in [-0.4, -0.2) is 36.2 Å². The molecule has 8 nitrogen and oxygen atoms in total. The molecule has 0 bridgehead atoms. The molecule has 0 atom stereocenters. The summed E-state index contributed by atoms with van der Waals surface area (Å²) in [4.78, 5) is 16.1. The molecule has 2 aromatic heterocycles. The van der Waals surface area contributed by atoms with E-state index in [1.165, 1.54) is 22.9 Å². The van der Waals surface area contributed by atoms with E-state index < -0.39 is 17.5 Å². The Morgan fingerprint density at radius 3 is 2.58 bits per heavy atom. The molecule has 5 aromatic rings. The van der Waals surface area contributed by atoms with E-state index in [9.17, 15) is 19.4 Å². The molecule has 2 N–H and O–H groups in total. The predicted molar refractivity (Wildman–Crippen MR) is 117 cm³/mol. The number of nitrogens with zero attached hydrogens (tertiary/aromatic N) is 4. The van der Waals surface area contributed by atoms with E-state index in [1.807, 2.05) is 0 Å². The maximum absolute atomic E-state index is 13.7. The summed E-state index contributed by atoms with van der Waals surface area (Å²) >= 11 is 0. The van der Waals surface area contributed by atoms with Crippen LogP contribution in [0.25, 0.3) is 28.0 Å². The van der Waals surface area contributed by atoms with Gasteiger partial charge < -0.3 is 14.9 Å². The first kappa shape index (κ1) is 20.1. The number of halogens is 1. The Morgan fingerprint density at radius 2 is 1.76 bits per heavy atom. The van der Waals surface area contributed by atoms with Crippen LogP contribution in [0, 0.1) is 5.82 Å². The SMILES string of the molecule is O=C(O)c1ccccc1Oc1cccc2nc(-c3cn(-c4ccc(O)c(F)c4)nn3)ccc12. The van der Waals surface area contributed by atoms with Gasteiger partial charge in [0.05, 0.1) is 23.1 Å². The van der Waals surface area contributed by atoms with Gasteiger partial charge in [-0.05, 0) is 48.5 Å². The van der Waals surface area contributed by atoms with Crippen molar-refractivity contribution < 1.29 is 24.1 Å². The van der Waals surface area contributed by atoms with Crippen LogP contribution in [0.5, 0.6) is 17.2 Å². The van der Waals surface area contributed by atoms with E-state index in [-0.39, 0.29) is 11.3 Å². The Morgan fingerprint density at radius 1 is 0.939 bits per heavy atom. The van der Waals surface area contributed by atoms with Crippen molar-refractivity contribution >= 4 is 16.9 Å². The molecule has 0 saturated heterocycles. The molecule has 0 radical (unpaired) electrons. The Kier molecular flexibility index (Phi) is 4.91. The second kappa shape index (κ2) is 8.04. The van der Waals surface area contributed by atoms with Crippen LogP contribution in [0.15, 0.2) is 79.0 Å². The van der Waals surface area contributed by atoms with Gasteiger partial charge in [0.15, 0.2) is 11.6 Å². The number of para-hydroxylation sites is 1. The number of carboxylic acids is 1. The Labute approximate surface area is 186 Å². The molecule has 3 aromatic carbocycles. The highest BCUT2D eigenvalue weighted by Crippen LogP contribution is 2.32. The molecule has 0 amide bonds. The van der Waals surface area contributed by atoms with Crippen molar-refractivity contribution in [3.8, 4) is 34.3 Å². The molecule has 9 heteroatoms. The summed E-state index contributed by atoms with van der Waals surface area (Å²) in [6.07, 6.45) is 1.60. The van der Waals surface area contributed by atoms with Crippen molar-refractivity contribution in [2.45, 2.75) is 0 Å². The number of hydrogen-bond donors (Lipinski definition) is 2. The number of ether oxygens (including phenoxy) is 1. The number of aromatic nitrogens is 4. The average Bonchev–Trinajstić information content (AvgIpc) is 3.31. The fraction of sp³-hybridized carbons (Fsp3) is 0. The zero-order chi connectivity index (χ0) is 22.9. The number of rotatable bonds is 5. The molecule has 33 heavy (non-hydrogen) atoms. The quantitative estimate of drug-likeness (QED) is 0.402. The van der Waals surface area contributed by atoms with Crippen LogP contribution in [0.1, 0.15) is 10.4 Å². The van der Waals surface area contributed by atoms with Crippen LogP contribution in [0.4, 0.5) is 4.39 Å². The van der Waals surface area contributed by atoms with Gasteiger partial charge in [0.25, 0.3) is 0 Å². The minimum Gasteiger partial charge on any atom is -0.505 e. The van der Waals surface area contributed by atoms with Gasteiger partial charge in [0.2, 0.25) is 0 Å². The van der Waals surface area contributed by atoms with E-state index in [4.69, 9.17) is 4.74 Å². The highest BCUT2D eigenvalue weighted by atomic mass is 19.1. The first-order valence-electron chi connectivity index (χ1n) is 9.81. The lowest BCUT2D eigenvalue weighted by Gasteiger charge is -2.11. The first-order chi connectivity index (χ1) is 16.0. The average molecular weight is 442 g/mol. The van der Waals surface area contributed by atoms with Crippen LogP contribution in [-0.2, 0) is 0 Å². The third kappa shape index (κ3) is 3.83. The molecule has 2 heterocycles. The third-order valence-electron chi connectivity index (χ3n) is 4.98. The van der Waals surface area contributed by atoms with Gasteiger partial charge in [-0.3, -0.25) is 0 Å². The smallest absolute Gasteiger partial charge is 0.339 e. The van der Waals surface area contributed by atoms with E-state index in [1.54, 1.807) is 54.7 Å². The Balaban J connectivity index is 1.49. The zero-order valence-electron chi connectivity index (χ0n) is 16.9. The minimum absolute atomic E-state index is 0.0568. The maximum atomic E-state index is 13.7. The molecule has 0 spiro atoms. The summed E-state index contributed by atoms with van der Waals surface area (Å²) in [6.45, 7) is 0. The van der Waals surface area contributed by atoms with Crippen LogP contribution in [0.3, 0.4) is 0 Å². The number of phenolic OH excluding ortho intramolecular Hbond substituents is 1. The van der Waals surface area contributed by atoms with Crippen LogP contribution < -0.4 is 4.74 Å². The third-order valence-corrected chi connectivity index (χ3v) is 4.98. The Hall–Kier alpha value is -4.79. The molecular formula is C24H15FN4O4. The summed E-state index contributed by atoms with van der Waals surface area (Å²) < 4.78 is 20.9. The lowest BCUT2D eigenvalue weighted by molar-refractivity contribution is 0.0694. The fourth-order valence-electron chi connectivity index (χ4n) is 3.35. The lowest BCUT2D eigenvalue weighted by Crippen LogP contribution is -1.99. The van der Waals surface area contributed by atoms with E-state index >= 15 is 0 Å². The first-order valence-corrected chi connectivity index (χ1v) is 9.81. The molecule has 162 valence electrons. The normalized spacial score (nSPS) is 10.9. The largest absolute Gasteiger partial charge is 0.505 e. The van der Waals surface area contributed by atoms with Crippen molar-refractivity contribution in [2.75, 3.05) is 0 Å². The summed E-state index contributed by atoms with van der Waals surface area (Å²) in [5.41, 5.74) is 2.08. The summed E-state index contributed by atoms with van der Waals surface area (Å²) in [5, 5.41) is 27.6. The van der Waals surface area contributed by atoms with E-state index in [0.717, 1.165) is 6.07 Å². The number of carbonyl (C=O) groups is 1. The molecule has 5 rings (SSSR count). The number of aromatic carboxylic acids is 1. The summed E-state index contributed by atoms with van der Waals surface area (Å²) in [7, 11) is 0. The van der Waals surface area contributed by atoms with Gasteiger partial charge in [0, 0.05) is 11.5 Å². The summed E-state index contributed by atoms with van der Waals surface area (Å²) in [6, 6.07) is 19.1. The lowest BCUT2D eigenvalue weighted by atomic mass is 10.1. The number of carboxylic acid groups (broad SMARTS) is 1. The highest BCUT2D eigenvalue weighted by molar-refractivity contribution is 5.92. The molecule has 0 aliphatic rings. The molecule has 0 fully saturated rings. The maximum Gasteiger partial charge on any atom is 0.339 e. The topological polar surface area (TPSA) is 110 Å². The fourth-order valence-corrected chi connectivity index (χ4v) is 3.35. The number of benzene rings is 3. The van der Waals surface area contributed by atoms with Gasteiger partial charge in [-0.15, -0.1) is 5.10 Å². The van der Waals surface area contributed by atoms with Gasteiger partial charge in [-0.2, -0.15) is 0 Å². The van der Waals surface area contributed by atoms with Crippen LogP contribution >= 0.6 is 0 Å². The van der Waals surface area contributed by atoms with Crippen molar-refractivity contribution in [1.82, 2.24) is 20.0 Å². The molecule has 0 saturated carbocycles. The molecular weight excluding hydrogens is 427 g/mol. The molecule has 0 unspecified atom stereocenters. The van der Waals surface area contributed by atoms with E-state index in [0.29, 0.717) is 33.7 Å². The predicted octanol–water partition coefficient (Wildman–Crippen LogP) is 4.82. The standard InChI is InChI=1S/C24H15FN4O4/c25-17-12-14(8-11-21(17)30)29-13-20(27-28-29)19-10-9-15-18(26-19)5-3-7-22(15)33-23-6-2-1-4-16(23)24(31)32/h1-13,30H,(H,31,32). The van der Waals surface area contributed by atoms with Gasteiger partial charge in [0.1, 0.15) is 22.8 Å². The number of hydrogen-bond acceptors (Lipinski definition) is 6. The van der Waals surface area contributed by atoms with Gasteiger partial charge in [-0.1, -0.05) is 23.4 Å². The highest BCUT2D eigenvalue weighted by Gasteiger charge is 2.14. The number of pyridine rings is 1. The monoisotopic (exact) mass is 442 g/mol. The van der Waals surface area contributed by atoms with E-state index in [2.05, 4.69) is 15.3 Å². The van der Waals surface area contributed by atoms with Crippen LogP contribution in [0.2, 0.25) is 0 Å². The number of phenols is 1. The van der Waals surface area contributed by atoms with Crippen molar-refractivity contribution in [3.63, 3.8) is 0 Å². The van der Waals surface area contributed by atoms with Gasteiger partial charge >= 0.3 is 5.97 Å². The number of fused-ring (bicyclic) bond motifs is 1. The van der Waals surface area contributed by atoms with Gasteiger partial charge in [-0.25, -0.2) is 18.9 Å². The van der Waals surface area contributed by atoms with Crippen molar-refractivity contribution in [2.24, 2.45) is 0 Å². The number of aromatic hydroxyl groups is 1. The molecule has 0 aliphatic heterocycles. The van der Waals surface area contributed by atoms with Crippen molar-refractivity contribution in [3.05, 3.63) is 90.4 Å². The zero-order valence-corrected chi connectivity index (χ0v) is 16.9. The Bertz CT molecular complexity index is 1520. The summed E-state index contributed by atoms with van der Waals surface area (Å²) in [5.74, 6) is -1.60.